The topological polar surface area (TPSA) is 126 Å². The normalized spacial score (nSPS) is 11.0. The monoisotopic (exact) mass is 496 g/mol. The number of esters is 1. The molecule has 2 heterocycles. The number of Topliss-reactive ketones (excluding diaryl/α,β-unsaturated/α-hetero) is 1. The quantitative estimate of drug-likeness (QED) is 0.235. The zero-order chi connectivity index (χ0) is 24.4. The van der Waals surface area contributed by atoms with E-state index in [1.165, 1.54) is 14.1 Å². The average molecular weight is 497 g/mol. The number of hydrogen-bond acceptors (Lipinski definition) is 9. The van der Waals surface area contributed by atoms with Gasteiger partial charge >= 0.3 is 11.7 Å². The summed E-state index contributed by atoms with van der Waals surface area (Å²) < 4.78 is 8.93. The summed E-state index contributed by atoms with van der Waals surface area (Å²) in [5, 5.41) is 0. The van der Waals surface area contributed by atoms with Gasteiger partial charge in [-0.25, -0.2) is 14.6 Å². The van der Waals surface area contributed by atoms with Crippen LogP contribution in [0.4, 0.5) is 5.82 Å². The summed E-state index contributed by atoms with van der Waals surface area (Å²) in [5.41, 5.74) is 6.12. The molecule has 4 rings (SSSR count). The number of benzene rings is 2. The third-order valence-corrected chi connectivity index (χ3v) is 7.40. The predicted molar refractivity (Wildman–Crippen MR) is 132 cm³/mol. The Morgan fingerprint density at radius 2 is 1.76 bits per heavy atom. The number of nitrogen functional groups attached to an aromatic ring is 1. The first-order chi connectivity index (χ1) is 16.3. The summed E-state index contributed by atoms with van der Waals surface area (Å²) in [7, 11) is 2.58. The highest BCUT2D eigenvalue weighted by Gasteiger charge is 2.21. The van der Waals surface area contributed by atoms with Crippen LogP contribution in [0.1, 0.15) is 26.3 Å². The van der Waals surface area contributed by atoms with E-state index in [4.69, 9.17) is 10.5 Å². The van der Waals surface area contributed by atoms with Crippen molar-refractivity contribution in [3.05, 3.63) is 86.1 Å². The molecule has 0 atom stereocenters. The number of hydrogen-bond donors (Lipinski definition) is 1. The highest BCUT2D eigenvalue weighted by molar-refractivity contribution is 8.00. The molecule has 0 unspecified atom stereocenters. The summed E-state index contributed by atoms with van der Waals surface area (Å²) in [6, 6.07) is 14.8. The van der Waals surface area contributed by atoms with Crippen molar-refractivity contribution >= 4 is 50.9 Å². The third-order valence-electron chi connectivity index (χ3n) is 5.15. The Balaban J connectivity index is 1.37. The van der Waals surface area contributed by atoms with Crippen LogP contribution < -0.4 is 17.0 Å². The molecular formula is C23H20N4O5S2. The molecule has 34 heavy (non-hydrogen) atoms. The molecule has 0 saturated heterocycles. The molecule has 11 heteroatoms. The molecule has 174 valence electrons. The van der Waals surface area contributed by atoms with E-state index in [0.717, 1.165) is 29.3 Å². The Kier molecular flexibility index (Phi) is 6.66. The van der Waals surface area contributed by atoms with Crippen molar-refractivity contribution in [2.45, 2.75) is 10.1 Å². The van der Waals surface area contributed by atoms with E-state index in [9.17, 15) is 19.2 Å². The molecule has 9 nitrogen and oxygen atoms in total. The number of nitrogens with two attached hydrogens (primary N) is 1. The summed E-state index contributed by atoms with van der Waals surface area (Å²) in [4.78, 5) is 53.6. The summed E-state index contributed by atoms with van der Waals surface area (Å²) >= 11 is 3.24. The Morgan fingerprint density at radius 1 is 1.06 bits per heavy atom. The van der Waals surface area contributed by atoms with Crippen LogP contribution in [0.25, 0.3) is 10.2 Å². The van der Waals surface area contributed by atoms with E-state index >= 15 is 0 Å². The maximum atomic E-state index is 12.5. The number of ether oxygens (including phenoxy) is 1. The number of nitrogens with zero attached hydrogens (tertiary/aromatic N) is 3. The molecule has 0 aliphatic rings. The van der Waals surface area contributed by atoms with Crippen molar-refractivity contribution in [3.8, 4) is 0 Å². The van der Waals surface area contributed by atoms with E-state index in [-0.39, 0.29) is 16.9 Å². The zero-order valence-corrected chi connectivity index (χ0v) is 19.9. The van der Waals surface area contributed by atoms with E-state index in [1.54, 1.807) is 47.4 Å². The number of para-hydroxylation sites is 1. The Bertz CT molecular complexity index is 1490. The first kappa shape index (κ1) is 23.5. The van der Waals surface area contributed by atoms with Gasteiger partial charge in [-0.1, -0.05) is 36.0 Å². The van der Waals surface area contributed by atoms with E-state index in [1.807, 2.05) is 24.3 Å². The SMILES string of the molecule is Cn1c(N)c(C(=O)COC(=O)c2ccc(CSc3nc4ccccc4s3)cc2)c(=O)n(C)c1=O. The molecule has 0 aliphatic carbocycles. The van der Waals surface area contributed by atoms with Gasteiger partial charge in [0.2, 0.25) is 5.78 Å². The molecule has 0 spiro atoms. The Morgan fingerprint density at radius 3 is 2.47 bits per heavy atom. The van der Waals surface area contributed by atoms with Crippen molar-refractivity contribution in [1.29, 1.82) is 0 Å². The van der Waals surface area contributed by atoms with E-state index in [2.05, 4.69) is 4.98 Å². The maximum absolute atomic E-state index is 12.5. The largest absolute Gasteiger partial charge is 0.454 e. The fourth-order valence-corrected chi connectivity index (χ4v) is 5.23. The van der Waals surface area contributed by atoms with Gasteiger partial charge in [0.1, 0.15) is 11.4 Å². The van der Waals surface area contributed by atoms with Crippen molar-refractivity contribution in [1.82, 2.24) is 14.1 Å². The third kappa shape index (κ3) is 4.66. The molecule has 4 aromatic rings. The average Bonchev–Trinajstić information content (AvgIpc) is 3.27. The second kappa shape index (κ2) is 9.65. The van der Waals surface area contributed by atoms with Gasteiger partial charge in [-0.15, -0.1) is 11.3 Å². The van der Waals surface area contributed by atoms with Gasteiger partial charge in [0.25, 0.3) is 5.56 Å². The molecule has 2 aromatic carbocycles. The lowest BCUT2D eigenvalue weighted by atomic mass is 10.1. The maximum Gasteiger partial charge on any atom is 0.338 e. The lowest BCUT2D eigenvalue weighted by Crippen LogP contribution is -2.42. The van der Waals surface area contributed by atoms with Gasteiger partial charge < -0.3 is 10.5 Å². The number of aromatic nitrogens is 3. The van der Waals surface area contributed by atoms with Gasteiger partial charge in [0, 0.05) is 19.8 Å². The number of carbonyl (C=O) groups excluding carboxylic acids is 2. The minimum atomic E-state index is -0.836. The number of carbonyl (C=O) groups is 2. The standard InChI is InChI=1S/C23H20N4O5S2/c1-26-19(24)18(20(29)27(2)23(26)31)16(28)11-32-21(30)14-9-7-13(8-10-14)12-33-22-25-15-5-3-4-6-17(15)34-22/h3-10H,11-12,24H2,1-2H3. The fourth-order valence-electron chi connectivity index (χ4n) is 3.20. The van der Waals surface area contributed by atoms with Crippen LogP contribution in [-0.4, -0.2) is 32.5 Å². The first-order valence-corrected chi connectivity index (χ1v) is 11.9. The number of thioether (sulfide) groups is 1. The lowest BCUT2D eigenvalue weighted by Gasteiger charge is -2.11. The molecule has 0 fully saturated rings. The second-order valence-corrected chi connectivity index (χ2v) is 9.65. The van der Waals surface area contributed by atoms with E-state index in [0.29, 0.717) is 5.75 Å². The van der Waals surface area contributed by atoms with Crippen LogP contribution in [0.5, 0.6) is 0 Å². The lowest BCUT2D eigenvalue weighted by molar-refractivity contribution is 0.0474. The van der Waals surface area contributed by atoms with Crippen LogP contribution in [0.2, 0.25) is 0 Å². The summed E-state index contributed by atoms with van der Waals surface area (Å²) in [6.45, 7) is -0.675. The number of thiazole rings is 1. The minimum absolute atomic E-state index is 0.267. The number of rotatable bonds is 7. The van der Waals surface area contributed by atoms with Gasteiger partial charge in [-0.2, -0.15) is 0 Å². The molecule has 0 radical (unpaired) electrons. The molecule has 2 aromatic heterocycles. The van der Waals surface area contributed by atoms with Crippen molar-refractivity contribution in [2.24, 2.45) is 14.1 Å². The van der Waals surface area contributed by atoms with Crippen LogP contribution in [0.3, 0.4) is 0 Å². The van der Waals surface area contributed by atoms with Crippen LogP contribution in [0.15, 0.2) is 62.5 Å². The smallest absolute Gasteiger partial charge is 0.338 e. The van der Waals surface area contributed by atoms with Crippen LogP contribution in [-0.2, 0) is 24.6 Å². The molecule has 0 amide bonds. The molecule has 2 N–H and O–H groups in total. The van der Waals surface area contributed by atoms with E-state index < -0.39 is 29.6 Å². The van der Waals surface area contributed by atoms with Gasteiger partial charge in [-0.05, 0) is 29.8 Å². The van der Waals surface area contributed by atoms with Gasteiger partial charge in [-0.3, -0.25) is 18.7 Å². The van der Waals surface area contributed by atoms with Gasteiger partial charge in [0.15, 0.2) is 10.9 Å². The zero-order valence-electron chi connectivity index (χ0n) is 18.3. The van der Waals surface area contributed by atoms with Crippen molar-refractivity contribution < 1.29 is 14.3 Å². The Hall–Kier alpha value is -3.70. The highest BCUT2D eigenvalue weighted by atomic mass is 32.2. The summed E-state index contributed by atoms with van der Waals surface area (Å²) in [5.74, 6) is -1.09. The van der Waals surface area contributed by atoms with Crippen LogP contribution >= 0.6 is 23.1 Å². The molecular weight excluding hydrogens is 476 g/mol. The Labute approximate surface area is 201 Å². The second-order valence-electron chi connectivity index (χ2n) is 7.40. The van der Waals surface area contributed by atoms with Crippen molar-refractivity contribution in [2.75, 3.05) is 12.3 Å². The number of anilines is 1. The minimum Gasteiger partial charge on any atom is -0.454 e. The number of ketones is 1. The number of fused-ring (bicyclic) bond motifs is 1. The highest BCUT2D eigenvalue weighted by Crippen LogP contribution is 2.31. The van der Waals surface area contributed by atoms with Gasteiger partial charge in [0.05, 0.1) is 15.8 Å². The molecule has 0 bridgehead atoms. The molecule has 0 aliphatic heterocycles. The predicted octanol–water partition coefficient (Wildman–Crippen LogP) is 2.61. The summed E-state index contributed by atoms with van der Waals surface area (Å²) in [6.07, 6.45) is 0. The fraction of sp³-hybridized carbons (Fsp3) is 0.174. The first-order valence-electron chi connectivity index (χ1n) is 10.1. The molecule has 0 saturated carbocycles. The van der Waals surface area contributed by atoms with Crippen LogP contribution in [0, 0.1) is 0 Å². The van der Waals surface area contributed by atoms with Crippen molar-refractivity contribution in [3.63, 3.8) is 0 Å².